The summed E-state index contributed by atoms with van der Waals surface area (Å²) in [5.41, 5.74) is 7.44. The summed E-state index contributed by atoms with van der Waals surface area (Å²) in [5.74, 6) is 0.506. The normalized spacial score (nSPS) is 17.8. The Labute approximate surface area is 156 Å². The van der Waals surface area contributed by atoms with Gasteiger partial charge in [0, 0.05) is 19.7 Å². The van der Waals surface area contributed by atoms with E-state index >= 15 is 0 Å². The van der Waals surface area contributed by atoms with Crippen LogP contribution in [-0.2, 0) is 16.1 Å². The van der Waals surface area contributed by atoms with Gasteiger partial charge in [-0.05, 0) is 28.7 Å². The predicted molar refractivity (Wildman–Crippen MR) is 106 cm³/mol. The average molecular weight is 354 g/mol. The molecule has 4 heteroatoms. The Bertz CT molecular complexity index is 720. The van der Waals surface area contributed by atoms with Crippen molar-refractivity contribution >= 4 is 16.7 Å². The van der Waals surface area contributed by atoms with Gasteiger partial charge in [0.1, 0.15) is 0 Å². The van der Waals surface area contributed by atoms with Crippen molar-refractivity contribution in [1.29, 1.82) is 0 Å². The van der Waals surface area contributed by atoms with Crippen LogP contribution in [0, 0.1) is 5.92 Å². The third kappa shape index (κ3) is 4.63. The molecule has 1 fully saturated rings. The molecule has 3 N–H and O–H groups in total. The van der Waals surface area contributed by atoms with Gasteiger partial charge in [-0.1, -0.05) is 74.6 Å². The number of benzene rings is 2. The summed E-state index contributed by atoms with van der Waals surface area (Å²) in [6.45, 7) is 0.482. The lowest BCUT2D eigenvalue weighted by Gasteiger charge is -2.28. The Kier molecular flexibility index (Phi) is 6.64. The van der Waals surface area contributed by atoms with Crippen molar-refractivity contribution in [2.24, 2.45) is 11.7 Å². The number of methoxy groups -OCH3 is 1. The van der Waals surface area contributed by atoms with Gasteiger partial charge in [0.05, 0.1) is 0 Å². The molecule has 0 aromatic heterocycles. The largest absolute Gasteiger partial charge is 0.370 e. The molecule has 0 bridgehead atoms. The minimum Gasteiger partial charge on any atom is -0.370 e. The fourth-order valence-electron chi connectivity index (χ4n) is 4.14. The molecule has 2 aromatic rings. The summed E-state index contributed by atoms with van der Waals surface area (Å²) in [4.78, 5) is 12.7. The molecule has 2 aromatic carbocycles. The van der Waals surface area contributed by atoms with Crippen molar-refractivity contribution in [3.63, 3.8) is 0 Å². The second-order valence-corrected chi connectivity index (χ2v) is 7.42. The molecule has 140 valence electrons. The number of hydrogen-bond acceptors (Lipinski definition) is 3. The third-order valence-electron chi connectivity index (χ3n) is 5.56. The maximum atomic E-state index is 12.7. The van der Waals surface area contributed by atoms with Crippen LogP contribution in [0.4, 0.5) is 0 Å². The van der Waals surface area contributed by atoms with E-state index < -0.39 is 6.10 Å². The highest BCUT2D eigenvalue weighted by Gasteiger charge is 2.28. The van der Waals surface area contributed by atoms with Crippen LogP contribution in [0.25, 0.3) is 10.8 Å². The maximum absolute atomic E-state index is 12.7. The molecule has 26 heavy (non-hydrogen) atoms. The molecule has 0 heterocycles. The lowest BCUT2D eigenvalue weighted by molar-refractivity contribution is -0.132. The van der Waals surface area contributed by atoms with E-state index in [9.17, 15) is 4.79 Å². The number of fused-ring (bicyclic) bond motifs is 1. The SMILES string of the molecule is COC(C(=O)NCc1cccc2ccccc12)[C@H](N)CC1CCCCC1. The zero-order valence-electron chi connectivity index (χ0n) is 15.6. The topological polar surface area (TPSA) is 64.3 Å². The molecule has 0 spiro atoms. The Morgan fingerprint density at radius 2 is 1.88 bits per heavy atom. The van der Waals surface area contributed by atoms with Gasteiger partial charge in [-0.15, -0.1) is 0 Å². The summed E-state index contributed by atoms with van der Waals surface area (Å²) in [6, 6.07) is 14.1. The number of nitrogens with two attached hydrogens (primary N) is 1. The number of nitrogens with one attached hydrogen (secondary N) is 1. The fourth-order valence-corrected chi connectivity index (χ4v) is 4.14. The summed E-state index contributed by atoms with van der Waals surface area (Å²) < 4.78 is 5.45. The Hall–Kier alpha value is -1.91. The maximum Gasteiger partial charge on any atom is 0.251 e. The van der Waals surface area contributed by atoms with Crippen molar-refractivity contribution in [1.82, 2.24) is 5.32 Å². The van der Waals surface area contributed by atoms with Gasteiger partial charge in [0.2, 0.25) is 0 Å². The van der Waals surface area contributed by atoms with Crippen molar-refractivity contribution in [3.05, 3.63) is 48.0 Å². The number of hydrogen-bond donors (Lipinski definition) is 2. The average Bonchev–Trinajstić information content (AvgIpc) is 2.67. The molecule has 1 aliphatic rings. The molecule has 1 unspecified atom stereocenters. The first-order chi connectivity index (χ1) is 12.7. The minimum atomic E-state index is -0.591. The Balaban J connectivity index is 1.59. The number of carbonyl (C=O) groups is 1. The number of rotatable bonds is 7. The van der Waals surface area contributed by atoms with Crippen LogP contribution < -0.4 is 11.1 Å². The summed E-state index contributed by atoms with van der Waals surface area (Å²) >= 11 is 0. The molecule has 0 saturated heterocycles. The quantitative estimate of drug-likeness (QED) is 0.795. The van der Waals surface area contributed by atoms with Crippen LogP contribution >= 0.6 is 0 Å². The summed E-state index contributed by atoms with van der Waals surface area (Å²) in [6.07, 6.45) is 6.60. The molecule has 2 atom stereocenters. The lowest BCUT2D eigenvalue weighted by atomic mass is 9.84. The number of amides is 1. The molecule has 1 amide bonds. The number of ether oxygens (including phenoxy) is 1. The number of carbonyl (C=O) groups excluding carboxylic acids is 1. The highest BCUT2D eigenvalue weighted by Crippen LogP contribution is 2.28. The zero-order valence-corrected chi connectivity index (χ0v) is 15.6. The first-order valence-electron chi connectivity index (χ1n) is 9.71. The van der Waals surface area contributed by atoms with Crippen LogP contribution in [0.2, 0.25) is 0 Å². The lowest BCUT2D eigenvalue weighted by Crippen LogP contribution is -2.48. The summed E-state index contributed by atoms with van der Waals surface area (Å²) in [5, 5.41) is 5.36. The fraction of sp³-hybridized carbons (Fsp3) is 0.500. The van der Waals surface area contributed by atoms with Crippen LogP contribution in [0.3, 0.4) is 0 Å². The molecule has 1 saturated carbocycles. The van der Waals surface area contributed by atoms with E-state index in [2.05, 4.69) is 23.5 Å². The van der Waals surface area contributed by atoms with Crippen molar-refractivity contribution in [3.8, 4) is 0 Å². The van der Waals surface area contributed by atoms with Gasteiger partial charge in [-0.2, -0.15) is 0 Å². The molecule has 1 aliphatic carbocycles. The van der Waals surface area contributed by atoms with E-state index in [4.69, 9.17) is 10.5 Å². The van der Waals surface area contributed by atoms with Gasteiger partial charge >= 0.3 is 0 Å². The van der Waals surface area contributed by atoms with Gasteiger partial charge in [-0.3, -0.25) is 4.79 Å². The van der Waals surface area contributed by atoms with Crippen LogP contribution in [0.1, 0.15) is 44.1 Å². The standard InChI is InChI=1S/C22H30N2O2/c1-26-21(20(23)14-16-8-3-2-4-9-16)22(25)24-15-18-12-7-11-17-10-5-6-13-19(17)18/h5-7,10-13,16,20-21H,2-4,8-9,14-15,23H2,1H3,(H,24,25)/t20-,21?/m1/s1. The highest BCUT2D eigenvalue weighted by molar-refractivity contribution is 5.86. The van der Waals surface area contributed by atoms with E-state index in [1.165, 1.54) is 37.5 Å². The predicted octanol–water partition coefficient (Wildman–Crippen LogP) is 3.77. The van der Waals surface area contributed by atoms with Gasteiger partial charge in [0.25, 0.3) is 5.91 Å². The Morgan fingerprint density at radius 3 is 2.65 bits per heavy atom. The smallest absolute Gasteiger partial charge is 0.251 e. The first-order valence-corrected chi connectivity index (χ1v) is 9.71. The zero-order chi connectivity index (χ0) is 18.4. The molecule has 0 radical (unpaired) electrons. The van der Waals surface area contributed by atoms with Gasteiger partial charge < -0.3 is 15.8 Å². The van der Waals surface area contributed by atoms with Gasteiger partial charge in [0.15, 0.2) is 6.10 Å². The van der Waals surface area contributed by atoms with Crippen molar-refractivity contribution in [2.45, 2.75) is 57.2 Å². The third-order valence-corrected chi connectivity index (χ3v) is 5.56. The van der Waals surface area contributed by atoms with E-state index in [1.807, 2.05) is 24.3 Å². The minimum absolute atomic E-state index is 0.122. The second kappa shape index (κ2) is 9.15. The summed E-state index contributed by atoms with van der Waals surface area (Å²) in [7, 11) is 1.57. The molecule has 0 aliphatic heterocycles. The van der Waals surface area contributed by atoms with Crippen molar-refractivity contribution in [2.75, 3.05) is 7.11 Å². The molecular weight excluding hydrogens is 324 g/mol. The molecular formula is C22H30N2O2. The highest BCUT2D eigenvalue weighted by atomic mass is 16.5. The molecule has 3 rings (SSSR count). The first kappa shape index (κ1) is 18.9. The van der Waals surface area contributed by atoms with Crippen LogP contribution in [0.5, 0.6) is 0 Å². The van der Waals surface area contributed by atoms with E-state index in [-0.39, 0.29) is 11.9 Å². The van der Waals surface area contributed by atoms with Crippen LogP contribution in [-0.4, -0.2) is 25.2 Å². The monoisotopic (exact) mass is 354 g/mol. The van der Waals surface area contributed by atoms with Gasteiger partial charge in [-0.25, -0.2) is 0 Å². The second-order valence-electron chi connectivity index (χ2n) is 7.42. The van der Waals surface area contributed by atoms with E-state index in [0.717, 1.165) is 17.4 Å². The van der Waals surface area contributed by atoms with Crippen molar-refractivity contribution < 1.29 is 9.53 Å². The van der Waals surface area contributed by atoms with E-state index in [1.54, 1.807) is 7.11 Å². The Morgan fingerprint density at radius 1 is 1.15 bits per heavy atom. The van der Waals surface area contributed by atoms with E-state index in [0.29, 0.717) is 12.5 Å². The molecule has 4 nitrogen and oxygen atoms in total. The van der Waals surface area contributed by atoms with Crippen LogP contribution in [0.15, 0.2) is 42.5 Å².